The molecule has 0 spiro atoms. The van der Waals surface area contributed by atoms with Gasteiger partial charge in [0.25, 0.3) is 0 Å². The molecular formula is C36H28BrNSi. The van der Waals surface area contributed by atoms with Crippen LogP contribution in [0.3, 0.4) is 0 Å². The summed E-state index contributed by atoms with van der Waals surface area (Å²) in [5.74, 6) is 0. The standard InChI is InChI=1S/C36H28BrNSi/c37-29-21-25-35(26-22-29)39(33-17-9-3-10-18-33,34-19-11-4-12-20-34)36-27-23-32(24-28-36)38(30-13-5-1-6-14-30)31-15-7-2-8-16-31/h1-28H. The minimum atomic E-state index is -2.58. The largest absolute Gasteiger partial charge is 0.311 e. The molecule has 6 aromatic rings. The third-order valence-corrected chi connectivity index (χ3v) is 12.6. The van der Waals surface area contributed by atoms with Crippen LogP contribution in [0.25, 0.3) is 0 Å². The summed E-state index contributed by atoms with van der Waals surface area (Å²) in [6, 6.07) is 61.4. The van der Waals surface area contributed by atoms with E-state index in [4.69, 9.17) is 0 Å². The van der Waals surface area contributed by atoms with Crippen LogP contribution >= 0.6 is 15.9 Å². The Morgan fingerprint density at radius 2 is 0.641 bits per heavy atom. The number of para-hydroxylation sites is 2. The SMILES string of the molecule is Brc1ccc([Si](c2ccccc2)(c2ccccc2)c2ccc(N(c3ccccc3)c3ccccc3)cc2)cc1. The third-order valence-electron chi connectivity index (χ3n) is 7.28. The van der Waals surface area contributed by atoms with Crippen molar-refractivity contribution in [3.05, 3.63) is 174 Å². The molecule has 0 amide bonds. The van der Waals surface area contributed by atoms with Crippen molar-refractivity contribution in [3.8, 4) is 0 Å². The molecule has 0 bridgehead atoms. The van der Waals surface area contributed by atoms with Gasteiger partial charge in [0.05, 0.1) is 0 Å². The summed E-state index contributed by atoms with van der Waals surface area (Å²) in [5, 5.41) is 5.45. The Balaban J connectivity index is 1.57. The highest BCUT2D eigenvalue weighted by atomic mass is 79.9. The normalized spacial score (nSPS) is 11.2. The Morgan fingerprint density at radius 1 is 0.333 bits per heavy atom. The number of rotatable bonds is 7. The van der Waals surface area contributed by atoms with E-state index in [0.717, 1.165) is 21.5 Å². The van der Waals surface area contributed by atoms with Crippen LogP contribution in [-0.4, -0.2) is 8.07 Å². The van der Waals surface area contributed by atoms with Crippen molar-refractivity contribution < 1.29 is 0 Å². The van der Waals surface area contributed by atoms with E-state index in [1.807, 2.05) is 0 Å². The Bertz CT molecular complexity index is 1540. The van der Waals surface area contributed by atoms with Gasteiger partial charge in [-0.1, -0.05) is 137 Å². The first-order valence-corrected chi connectivity index (χ1v) is 15.9. The predicted molar refractivity (Wildman–Crippen MR) is 172 cm³/mol. The van der Waals surface area contributed by atoms with Crippen molar-refractivity contribution in [3.63, 3.8) is 0 Å². The van der Waals surface area contributed by atoms with Crippen molar-refractivity contribution in [2.45, 2.75) is 0 Å². The van der Waals surface area contributed by atoms with Crippen LogP contribution < -0.4 is 25.6 Å². The van der Waals surface area contributed by atoms with Crippen molar-refractivity contribution in [2.75, 3.05) is 4.90 Å². The van der Waals surface area contributed by atoms with Crippen molar-refractivity contribution >= 4 is 61.8 Å². The topological polar surface area (TPSA) is 3.24 Å². The maximum atomic E-state index is 3.66. The maximum Gasteiger partial charge on any atom is 0.179 e. The number of benzene rings is 6. The molecule has 0 fully saturated rings. The maximum absolute atomic E-state index is 3.66. The molecule has 0 N–H and O–H groups in total. The highest BCUT2D eigenvalue weighted by Crippen LogP contribution is 2.33. The number of anilines is 3. The van der Waals surface area contributed by atoms with Gasteiger partial charge in [-0.2, -0.15) is 0 Å². The average molecular weight is 583 g/mol. The smallest absolute Gasteiger partial charge is 0.179 e. The molecule has 0 unspecified atom stereocenters. The molecule has 0 aromatic heterocycles. The molecular weight excluding hydrogens is 554 g/mol. The van der Waals surface area contributed by atoms with Gasteiger partial charge < -0.3 is 4.90 Å². The summed E-state index contributed by atoms with van der Waals surface area (Å²) in [5.41, 5.74) is 3.41. The molecule has 0 aliphatic heterocycles. The summed E-state index contributed by atoms with van der Waals surface area (Å²) in [6.07, 6.45) is 0. The monoisotopic (exact) mass is 581 g/mol. The van der Waals surface area contributed by atoms with Gasteiger partial charge in [-0.05, 0) is 69.3 Å². The second-order valence-corrected chi connectivity index (χ2v) is 14.3. The first kappa shape index (κ1) is 25.1. The van der Waals surface area contributed by atoms with E-state index in [1.54, 1.807) is 0 Å². The van der Waals surface area contributed by atoms with Crippen LogP contribution in [0.1, 0.15) is 0 Å². The summed E-state index contributed by atoms with van der Waals surface area (Å²) >= 11 is 3.66. The fourth-order valence-corrected chi connectivity index (χ4v) is 10.5. The number of halogens is 1. The molecule has 0 saturated carbocycles. The second kappa shape index (κ2) is 11.3. The first-order valence-electron chi connectivity index (χ1n) is 13.1. The summed E-state index contributed by atoms with van der Waals surface area (Å²) in [7, 11) is -2.58. The van der Waals surface area contributed by atoms with Crippen molar-refractivity contribution in [1.82, 2.24) is 0 Å². The van der Waals surface area contributed by atoms with Gasteiger partial charge in [-0.3, -0.25) is 0 Å². The van der Waals surface area contributed by atoms with Crippen LogP contribution in [0.5, 0.6) is 0 Å². The molecule has 0 saturated heterocycles. The molecule has 3 heteroatoms. The molecule has 0 aliphatic rings. The molecule has 0 atom stereocenters. The Labute approximate surface area is 240 Å². The highest BCUT2D eigenvalue weighted by molar-refractivity contribution is 9.10. The fraction of sp³-hybridized carbons (Fsp3) is 0. The lowest BCUT2D eigenvalue weighted by molar-refractivity contribution is 1.28. The zero-order valence-electron chi connectivity index (χ0n) is 21.5. The van der Waals surface area contributed by atoms with Crippen LogP contribution in [0, 0.1) is 0 Å². The Kier molecular flexibility index (Phi) is 7.26. The Hall–Kier alpha value is -4.18. The molecule has 0 radical (unpaired) electrons. The van der Waals surface area contributed by atoms with E-state index < -0.39 is 8.07 Å². The van der Waals surface area contributed by atoms with Gasteiger partial charge in [0.2, 0.25) is 0 Å². The fourth-order valence-electron chi connectivity index (χ4n) is 5.54. The van der Waals surface area contributed by atoms with Gasteiger partial charge in [0.1, 0.15) is 0 Å². The van der Waals surface area contributed by atoms with Crippen molar-refractivity contribution in [2.24, 2.45) is 0 Å². The Morgan fingerprint density at radius 3 is 1.05 bits per heavy atom. The lowest BCUT2D eigenvalue weighted by atomic mass is 10.2. The lowest BCUT2D eigenvalue weighted by Crippen LogP contribution is -2.74. The molecule has 6 aromatic carbocycles. The molecule has 188 valence electrons. The zero-order chi connectivity index (χ0) is 26.5. The number of nitrogens with zero attached hydrogens (tertiary/aromatic N) is 1. The van der Waals surface area contributed by atoms with Gasteiger partial charge in [0.15, 0.2) is 8.07 Å². The summed E-state index contributed by atoms with van der Waals surface area (Å²) in [6.45, 7) is 0. The minimum absolute atomic E-state index is 1.09. The molecule has 1 nitrogen and oxygen atoms in total. The predicted octanol–water partition coefficient (Wildman–Crippen LogP) is 7.30. The van der Waals surface area contributed by atoms with Gasteiger partial charge >= 0.3 is 0 Å². The quantitative estimate of drug-likeness (QED) is 0.141. The van der Waals surface area contributed by atoms with Crippen LogP contribution in [-0.2, 0) is 0 Å². The third kappa shape index (κ3) is 4.87. The highest BCUT2D eigenvalue weighted by Gasteiger charge is 2.41. The molecule has 39 heavy (non-hydrogen) atoms. The van der Waals surface area contributed by atoms with Crippen molar-refractivity contribution in [1.29, 1.82) is 0 Å². The van der Waals surface area contributed by atoms with E-state index >= 15 is 0 Å². The lowest BCUT2D eigenvalue weighted by Gasteiger charge is -2.35. The van der Waals surface area contributed by atoms with E-state index in [9.17, 15) is 0 Å². The minimum Gasteiger partial charge on any atom is -0.311 e. The molecule has 0 heterocycles. The summed E-state index contributed by atoms with van der Waals surface area (Å²) < 4.78 is 1.09. The number of hydrogen-bond acceptors (Lipinski definition) is 1. The van der Waals surface area contributed by atoms with Crippen LogP contribution in [0.4, 0.5) is 17.1 Å². The van der Waals surface area contributed by atoms with Gasteiger partial charge in [0, 0.05) is 21.5 Å². The number of hydrogen-bond donors (Lipinski definition) is 0. The van der Waals surface area contributed by atoms with E-state index in [1.165, 1.54) is 20.7 Å². The van der Waals surface area contributed by atoms with Gasteiger partial charge in [-0.25, -0.2) is 0 Å². The average Bonchev–Trinajstić information content (AvgIpc) is 3.01. The summed E-state index contributed by atoms with van der Waals surface area (Å²) in [4.78, 5) is 2.32. The molecule has 0 aliphatic carbocycles. The van der Waals surface area contributed by atoms with Crippen LogP contribution in [0.15, 0.2) is 174 Å². The van der Waals surface area contributed by atoms with E-state index in [-0.39, 0.29) is 0 Å². The van der Waals surface area contributed by atoms with Crippen LogP contribution in [0.2, 0.25) is 0 Å². The first-order chi connectivity index (χ1) is 19.3. The zero-order valence-corrected chi connectivity index (χ0v) is 24.1. The van der Waals surface area contributed by atoms with E-state index in [2.05, 4.69) is 191 Å². The van der Waals surface area contributed by atoms with E-state index in [0.29, 0.717) is 0 Å². The molecule has 6 rings (SSSR count). The van der Waals surface area contributed by atoms with Gasteiger partial charge in [-0.15, -0.1) is 0 Å². The second-order valence-electron chi connectivity index (χ2n) is 9.54.